The van der Waals surface area contributed by atoms with Gasteiger partial charge >= 0.3 is 0 Å². The molecule has 0 spiro atoms. The Balaban J connectivity index is 2.70. The summed E-state index contributed by atoms with van der Waals surface area (Å²) in [4.78, 5) is 11.8. The van der Waals surface area contributed by atoms with E-state index in [1.165, 1.54) is 0 Å². The van der Waals surface area contributed by atoms with Gasteiger partial charge in [-0.15, -0.1) is 0 Å². The lowest BCUT2D eigenvalue weighted by Crippen LogP contribution is -2.46. The van der Waals surface area contributed by atoms with E-state index in [9.17, 15) is 4.79 Å². The van der Waals surface area contributed by atoms with Gasteiger partial charge in [0, 0.05) is 15.6 Å². The van der Waals surface area contributed by atoms with E-state index in [1.807, 2.05) is 0 Å². The number of aldehydes is 1. The van der Waals surface area contributed by atoms with Crippen LogP contribution in [0.25, 0.3) is 0 Å². The van der Waals surface area contributed by atoms with Gasteiger partial charge < -0.3 is 9.22 Å². The monoisotopic (exact) mass is 356 g/mol. The Kier molecular flexibility index (Phi) is 5.02. The molecule has 0 aromatic rings. The third-order valence-electron chi connectivity index (χ3n) is 2.45. The zero-order chi connectivity index (χ0) is 11.6. The van der Waals surface area contributed by atoms with Crippen LogP contribution in [0.5, 0.6) is 0 Å². The first kappa shape index (κ1) is 13.9. The second kappa shape index (κ2) is 5.43. The van der Waals surface area contributed by atoms with Crippen LogP contribution in [0.1, 0.15) is 12.8 Å². The number of hydrogen-bond acceptors (Lipinski definition) is 2. The third-order valence-corrected chi connectivity index (χ3v) is 5.07. The first-order chi connectivity index (χ1) is 6.83. The summed E-state index contributed by atoms with van der Waals surface area (Å²) in [5.41, 5.74) is 0. The normalized spacial score (nSPS) is 37.7. The van der Waals surface area contributed by atoms with Crippen molar-refractivity contribution >= 4 is 46.5 Å². The molecule has 2 nitrogen and oxygen atoms in total. The predicted octanol–water partition coefficient (Wildman–Crippen LogP) is 3.34. The number of rotatable bonds is 3. The summed E-state index contributed by atoms with van der Waals surface area (Å²) in [5.74, 6) is 0.0271. The molecule has 15 heavy (non-hydrogen) atoms. The first-order valence-corrected chi connectivity index (χ1v) is 10.5. The molecule has 4 atom stereocenters. The zero-order valence-corrected chi connectivity index (χ0v) is 13.5. The van der Waals surface area contributed by atoms with Crippen molar-refractivity contribution in [2.24, 2.45) is 5.92 Å². The molecule has 1 aliphatic rings. The van der Waals surface area contributed by atoms with E-state index in [1.54, 1.807) is 0 Å². The second-order valence-electron chi connectivity index (χ2n) is 5.08. The van der Waals surface area contributed by atoms with E-state index in [4.69, 9.17) is 4.43 Å². The van der Waals surface area contributed by atoms with Gasteiger partial charge in [-0.05, 0) is 32.5 Å². The third kappa shape index (κ3) is 4.28. The number of alkyl halides is 2. The Bertz CT molecular complexity index is 230. The first-order valence-electron chi connectivity index (χ1n) is 5.24. The van der Waals surface area contributed by atoms with E-state index in [0.717, 1.165) is 19.1 Å². The minimum atomic E-state index is -1.57. The molecule has 1 fully saturated rings. The van der Waals surface area contributed by atoms with Crippen molar-refractivity contribution in [3.63, 3.8) is 0 Å². The van der Waals surface area contributed by atoms with Crippen molar-refractivity contribution in [3.05, 3.63) is 0 Å². The summed E-state index contributed by atoms with van der Waals surface area (Å²) in [7, 11) is -1.57. The Morgan fingerprint density at radius 3 is 2.33 bits per heavy atom. The van der Waals surface area contributed by atoms with Gasteiger partial charge in [-0.1, -0.05) is 31.9 Å². The molecule has 1 aliphatic carbocycles. The number of carbonyl (C=O) groups excluding carboxylic acids is 1. The van der Waals surface area contributed by atoms with E-state index >= 15 is 0 Å². The largest absolute Gasteiger partial charge is 0.413 e. The number of halogens is 2. The quantitative estimate of drug-likeness (QED) is 0.440. The summed E-state index contributed by atoms with van der Waals surface area (Å²) in [6, 6.07) is 0. The maximum absolute atomic E-state index is 11.0. The lowest BCUT2D eigenvalue weighted by molar-refractivity contribution is -0.114. The topological polar surface area (TPSA) is 26.3 Å². The lowest BCUT2D eigenvalue weighted by Gasteiger charge is -2.38. The highest BCUT2D eigenvalue weighted by atomic mass is 79.9. The van der Waals surface area contributed by atoms with Gasteiger partial charge in [0.15, 0.2) is 8.32 Å². The number of hydrogen-bond donors (Lipinski definition) is 0. The summed E-state index contributed by atoms with van der Waals surface area (Å²) in [6.45, 7) is 6.48. The molecule has 0 heterocycles. The van der Waals surface area contributed by atoms with Crippen LogP contribution in [0.15, 0.2) is 0 Å². The predicted molar refractivity (Wildman–Crippen MR) is 72.4 cm³/mol. The molecule has 5 heteroatoms. The standard InChI is InChI=1S/C10H18Br2O2Si/c1-15(2,3)14-10-7(6-13)4-8(11)5-9(10)12/h6-10H,4-5H2,1-3H3. The fourth-order valence-electron chi connectivity index (χ4n) is 1.87. The van der Waals surface area contributed by atoms with Crippen LogP contribution < -0.4 is 0 Å². The Morgan fingerprint density at radius 2 is 1.87 bits per heavy atom. The van der Waals surface area contributed by atoms with Gasteiger partial charge in [0.2, 0.25) is 0 Å². The molecular formula is C10H18Br2O2Si. The van der Waals surface area contributed by atoms with Crippen LogP contribution >= 0.6 is 31.9 Å². The Labute approximate surface area is 110 Å². The maximum atomic E-state index is 11.0. The van der Waals surface area contributed by atoms with E-state index < -0.39 is 8.32 Å². The summed E-state index contributed by atoms with van der Waals surface area (Å²) < 4.78 is 6.08. The van der Waals surface area contributed by atoms with Crippen molar-refractivity contribution < 1.29 is 9.22 Å². The maximum Gasteiger partial charge on any atom is 0.184 e. The Morgan fingerprint density at radius 1 is 1.27 bits per heavy atom. The van der Waals surface area contributed by atoms with E-state index in [0.29, 0.717) is 4.83 Å². The molecule has 1 rings (SSSR count). The second-order valence-corrected chi connectivity index (χ2v) is 12.0. The summed E-state index contributed by atoms with van der Waals surface area (Å²) in [5, 5.41) is 0. The van der Waals surface area contributed by atoms with Crippen LogP contribution in [0.4, 0.5) is 0 Å². The molecule has 0 bridgehead atoms. The highest BCUT2D eigenvalue weighted by Crippen LogP contribution is 2.35. The van der Waals surface area contributed by atoms with Crippen molar-refractivity contribution in [3.8, 4) is 0 Å². The average molecular weight is 358 g/mol. The molecule has 0 radical (unpaired) electrons. The van der Waals surface area contributed by atoms with Gasteiger partial charge in [-0.2, -0.15) is 0 Å². The molecule has 0 aromatic heterocycles. The van der Waals surface area contributed by atoms with Crippen LogP contribution in [-0.4, -0.2) is 30.4 Å². The number of carbonyl (C=O) groups is 1. The molecule has 0 amide bonds. The highest BCUT2D eigenvalue weighted by molar-refractivity contribution is 9.10. The van der Waals surface area contributed by atoms with Gasteiger partial charge in [0.05, 0.1) is 6.10 Å². The van der Waals surface area contributed by atoms with E-state index in [2.05, 4.69) is 51.5 Å². The molecule has 1 saturated carbocycles. The summed E-state index contributed by atoms with van der Waals surface area (Å²) in [6.07, 6.45) is 3.02. The van der Waals surface area contributed by atoms with Crippen molar-refractivity contribution in [1.29, 1.82) is 0 Å². The lowest BCUT2D eigenvalue weighted by atomic mass is 9.87. The molecular weight excluding hydrogens is 340 g/mol. The van der Waals surface area contributed by atoms with Crippen molar-refractivity contribution in [2.75, 3.05) is 0 Å². The smallest absolute Gasteiger partial charge is 0.184 e. The van der Waals surface area contributed by atoms with Crippen LogP contribution in [0, 0.1) is 5.92 Å². The molecule has 0 aromatic carbocycles. The Hall–Kier alpha value is 0.807. The minimum absolute atomic E-state index is 0.0271. The van der Waals surface area contributed by atoms with E-state index in [-0.39, 0.29) is 16.8 Å². The summed E-state index contributed by atoms with van der Waals surface area (Å²) >= 11 is 7.22. The van der Waals surface area contributed by atoms with Crippen LogP contribution in [0.2, 0.25) is 19.6 Å². The van der Waals surface area contributed by atoms with Crippen LogP contribution in [-0.2, 0) is 9.22 Å². The minimum Gasteiger partial charge on any atom is -0.413 e. The highest BCUT2D eigenvalue weighted by Gasteiger charge is 2.38. The molecule has 0 N–H and O–H groups in total. The van der Waals surface area contributed by atoms with Crippen LogP contribution in [0.3, 0.4) is 0 Å². The average Bonchev–Trinajstić information content (AvgIpc) is 2.07. The van der Waals surface area contributed by atoms with Gasteiger partial charge in [-0.25, -0.2) is 0 Å². The van der Waals surface area contributed by atoms with Gasteiger partial charge in [0.1, 0.15) is 6.29 Å². The fraction of sp³-hybridized carbons (Fsp3) is 0.900. The fourth-order valence-corrected chi connectivity index (χ4v) is 5.52. The van der Waals surface area contributed by atoms with Gasteiger partial charge in [-0.3, -0.25) is 0 Å². The SMILES string of the molecule is C[Si](C)(C)OC1C(Br)CC(Br)CC1C=O. The molecule has 4 unspecified atom stereocenters. The zero-order valence-electron chi connectivity index (χ0n) is 9.37. The van der Waals surface area contributed by atoms with Crippen molar-refractivity contribution in [1.82, 2.24) is 0 Å². The van der Waals surface area contributed by atoms with Crippen molar-refractivity contribution in [2.45, 2.75) is 48.2 Å². The molecule has 0 aliphatic heterocycles. The molecule has 88 valence electrons. The van der Waals surface area contributed by atoms with Gasteiger partial charge in [0.25, 0.3) is 0 Å². The molecule has 0 saturated heterocycles.